The second kappa shape index (κ2) is 4.77. The van der Waals surface area contributed by atoms with E-state index in [1.807, 2.05) is 0 Å². The van der Waals surface area contributed by atoms with Crippen molar-refractivity contribution in [3.8, 4) is 0 Å². The first-order chi connectivity index (χ1) is 5.54. The first-order valence-electron chi connectivity index (χ1n) is 3.15. The van der Waals surface area contributed by atoms with Crippen LogP contribution in [-0.4, -0.2) is 24.7 Å². The Morgan fingerprint density at radius 2 is 2.17 bits per heavy atom. The summed E-state index contributed by atoms with van der Waals surface area (Å²) in [5, 5.41) is 0. The molecule has 0 saturated heterocycles. The predicted molar refractivity (Wildman–Crippen MR) is 44.6 cm³/mol. The second-order valence-electron chi connectivity index (χ2n) is 2.13. The van der Waals surface area contributed by atoms with Crippen LogP contribution in [0.3, 0.4) is 0 Å². The largest absolute Gasteiger partial charge is 0.468 e. The Bertz CT molecular complexity index is 199. The molecule has 0 aromatic carbocycles. The SMILES string of the molecule is C=C(N)[C@@H](C(=O)CCl)C(=O)OC. The summed E-state index contributed by atoms with van der Waals surface area (Å²) < 4.78 is 4.34. The van der Waals surface area contributed by atoms with Crippen molar-refractivity contribution in [2.75, 3.05) is 13.0 Å². The highest BCUT2D eigenvalue weighted by molar-refractivity contribution is 6.29. The molecule has 0 aromatic rings. The number of halogens is 1. The Labute approximate surface area is 75.3 Å². The molecule has 4 nitrogen and oxygen atoms in total. The first kappa shape index (κ1) is 11.0. The Kier molecular flexibility index (Phi) is 4.36. The van der Waals surface area contributed by atoms with Crippen molar-refractivity contribution in [1.29, 1.82) is 0 Å². The molecule has 1 atom stereocenters. The number of Topliss-reactive ketones (excluding diaryl/α,β-unsaturated/α-hetero) is 1. The number of methoxy groups -OCH3 is 1. The fraction of sp³-hybridized carbons (Fsp3) is 0.429. The fourth-order valence-electron chi connectivity index (χ4n) is 0.685. The lowest BCUT2D eigenvalue weighted by Crippen LogP contribution is -2.30. The molecule has 0 amide bonds. The number of alkyl halides is 1. The van der Waals surface area contributed by atoms with Gasteiger partial charge in [-0.15, -0.1) is 11.6 Å². The third kappa shape index (κ3) is 2.54. The van der Waals surface area contributed by atoms with Crippen molar-refractivity contribution in [2.24, 2.45) is 11.7 Å². The number of carbonyl (C=O) groups excluding carboxylic acids is 2. The molecule has 0 aliphatic heterocycles. The summed E-state index contributed by atoms with van der Waals surface area (Å²) in [6, 6.07) is 0. The Balaban J connectivity index is 4.55. The minimum absolute atomic E-state index is 0.0486. The number of ketones is 1. The number of ether oxygens (including phenoxy) is 1. The van der Waals surface area contributed by atoms with Crippen LogP contribution in [0.4, 0.5) is 0 Å². The van der Waals surface area contributed by atoms with Crippen LogP contribution in [0, 0.1) is 5.92 Å². The molecule has 0 heterocycles. The standard InChI is InChI=1S/C7H10ClNO3/c1-4(9)6(5(10)3-8)7(11)12-2/h6H,1,3,9H2,2H3/t6-/m0/s1. The van der Waals surface area contributed by atoms with E-state index in [1.54, 1.807) is 0 Å². The van der Waals surface area contributed by atoms with Crippen molar-refractivity contribution in [3.05, 3.63) is 12.3 Å². The topological polar surface area (TPSA) is 69.4 Å². The highest BCUT2D eigenvalue weighted by Crippen LogP contribution is 2.08. The van der Waals surface area contributed by atoms with Crippen LogP contribution in [0.25, 0.3) is 0 Å². The van der Waals surface area contributed by atoms with Crippen LogP contribution in [-0.2, 0) is 14.3 Å². The van der Waals surface area contributed by atoms with Gasteiger partial charge in [-0.25, -0.2) is 0 Å². The van der Waals surface area contributed by atoms with Crippen LogP contribution in [0.2, 0.25) is 0 Å². The summed E-state index contributed by atoms with van der Waals surface area (Å²) in [5.41, 5.74) is 5.17. The summed E-state index contributed by atoms with van der Waals surface area (Å²) in [6.45, 7) is 3.29. The van der Waals surface area contributed by atoms with E-state index in [1.165, 1.54) is 7.11 Å². The highest BCUT2D eigenvalue weighted by Gasteiger charge is 2.27. The van der Waals surface area contributed by atoms with Gasteiger partial charge in [0.15, 0.2) is 11.7 Å². The summed E-state index contributed by atoms with van der Waals surface area (Å²) in [7, 11) is 1.17. The summed E-state index contributed by atoms with van der Waals surface area (Å²) in [6.07, 6.45) is 0. The van der Waals surface area contributed by atoms with Gasteiger partial charge in [-0.3, -0.25) is 9.59 Å². The fourth-order valence-corrected chi connectivity index (χ4v) is 0.839. The van der Waals surface area contributed by atoms with Gasteiger partial charge in [0, 0.05) is 5.70 Å². The maximum absolute atomic E-state index is 11.0. The number of carbonyl (C=O) groups is 2. The van der Waals surface area contributed by atoms with Crippen LogP contribution < -0.4 is 5.73 Å². The van der Waals surface area contributed by atoms with Gasteiger partial charge in [0.25, 0.3) is 0 Å². The molecule has 0 fully saturated rings. The third-order valence-corrected chi connectivity index (χ3v) is 1.52. The van der Waals surface area contributed by atoms with Crippen molar-refractivity contribution in [2.45, 2.75) is 0 Å². The molecule has 0 unspecified atom stereocenters. The van der Waals surface area contributed by atoms with E-state index in [2.05, 4.69) is 11.3 Å². The van der Waals surface area contributed by atoms with Crippen molar-refractivity contribution in [3.63, 3.8) is 0 Å². The average molecular weight is 192 g/mol. The van der Waals surface area contributed by atoms with E-state index in [0.29, 0.717) is 0 Å². The molecular weight excluding hydrogens is 182 g/mol. The molecule has 0 radical (unpaired) electrons. The zero-order chi connectivity index (χ0) is 9.72. The smallest absolute Gasteiger partial charge is 0.322 e. The quantitative estimate of drug-likeness (QED) is 0.388. The molecule has 0 aromatic heterocycles. The first-order valence-corrected chi connectivity index (χ1v) is 3.68. The Morgan fingerprint density at radius 3 is 2.42 bits per heavy atom. The maximum Gasteiger partial charge on any atom is 0.322 e. The average Bonchev–Trinajstić information content (AvgIpc) is 2.03. The van der Waals surface area contributed by atoms with E-state index >= 15 is 0 Å². The zero-order valence-corrected chi connectivity index (χ0v) is 7.43. The zero-order valence-electron chi connectivity index (χ0n) is 6.67. The van der Waals surface area contributed by atoms with Crippen LogP contribution >= 0.6 is 11.6 Å². The Hall–Kier alpha value is -1.03. The molecule has 0 bridgehead atoms. The number of esters is 1. The molecule has 0 saturated carbocycles. The van der Waals surface area contributed by atoms with Gasteiger partial charge >= 0.3 is 5.97 Å². The van der Waals surface area contributed by atoms with Crippen LogP contribution in [0.1, 0.15) is 0 Å². The molecular formula is C7H10ClNO3. The van der Waals surface area contributed by atoms with E-state index in [0.717, 1.165) is 0 Å². The van der Waals surface area contributed by atoms with Crippen molar-refractivity contribution in [1.82, 2.24) is 0 Å². The van der Waals surface area contributed by atoms with Crippen molar-refractivity contribution < 1.29 is 14.3 Å². The summed E-state index contributed by atoms with van der Waals surface area (Å²) in [4.78, 5) is 21.9. The van der Waals surface area contributed by atoms with E-state index in [-0.39, 0.29) is 11.6 Å². The normalized spacial score (nSPS) is 11.8. The summed E-state index contributed by atoms with van der Waals surface area (Å²) >= 11 is 5.24. The van der Waals surface area contributed by atoms with Crippen molar-refractivity contribution >= 4 is 23.4 Å². The van der Waals surface area contributed by atoms with Gasteiger partial charge in [0.1, 0.15) is 0 Å². The van der Waals surface area contributed by atoms with E-state index < -0.39 is 17.7 Å². The summed E-state index contributed by atoms with van der Waals surface area (Å²) in [5.74, 6) is -2.65. The molecule has 68 valence electrons. The molecule has 0 rings (SSSR count). The Morgan fingerprint density at radius 1 is 1.67 bits per heavy atom. The number of hydrogen-bond donors (Lipinski definition) is 1. The lowest BCUT2D eigenvalue weighted by molar-refractivity contribution is -0.147. The van der Waals surface area contributed by atoms with Gasteiger partial charge in [0.2, 0.25) is 0 Å². The lowest BCUT2D eigenvalue weighted by Gasteiger charge is -2.10. The predicted octanol–water partition coefficient (Wildman–Crippen LogP) is 0.0559. The second-order valence-corrected chi connectivity index (χ2v) is 2.40. The molecule has 0 spiro atoms. The van der Waals surface area contributed by atoms with Crippen LogP contribution in [0.5, 0.6) is 0 Å². The lowest BCUT2D eigenvalue weighted by atomic mass is 10.0. The molecule has 0 aliphatic rings. The molecule has 5 heteroatoms. The van der Waals surface area contributed by atoms with E-state index in [9.17, 15) is 9.59 Å². The molecule has 12 heavy (non-hydrogen) atoms. The van der Waals surface area contributed by atoms with E-state index in [4.69, 9.17) is 17.3 Å². The maximum atomic E-state index is 11.0. The third-order valence-electron chi connectivity index (χ3n) is 1.26. The minimum Gasteiger partial charge on any atom is -0.468 e. The number of hydrogen-bond acceptors (Lipinski definition) is 4. The molecule has 2 N–H and O–H groups in total. The highest BCUT2D eigenvalue weighted by atomic mass is 35.5. The van der Waals surface area contributed by atoms with Gasteiger partial charge in [-0.1, -0.05) is 6.58 Å². The minimum atomic E-state index is -1.13. The van der Waals surface area contributed by atoms with Gasteiger partial charge in [-0.2, -0.15) is 0 Å². The van der Waals surface area contributed by atoms with Gasteiger partial charge in [0.05, 0.1) is 13.0 Å². The molecule has 0 aliphatic carbocycles. The number of nitrogens with two attached hydrogens (primary N) is 1. The van der Waals surface area contributed by atoms with Gasteiger partial charge in [-0.05, 0) is 0 Å². The monoisotopic (exact) mass is 191 g/mol. The van der Waals surface area contributed by atoms with Gasteiger partial charge < -0.3 is 10.5 Å². The van der Waals surface area contributed by atoms with Crippen LogP contribution in [0.15, 0.2) is 12.3 Å². The number of rotatable bonds is 4.